The number of hydrogen-bond donors (Lipinski definition) is 2. The lowest BCUT2D eigenvalue weighted by atomic mass is 10.1. The number of para-hydroxylation sites is 1. The molecule has 0 heterocycles. The van der Waals surface area contributed by atoms with Gasteiger partial charge in [0.25, 0.3) is 0 Å². The van der Waals surface area contributed by atoms with Crippen LogP contribution in [0.25, 0.3) is 0 Å². The summed E-state index contributed by atoms with van der Waals surface area (Å²) in [5.41, 5.74) is 6.49. The SMILES string of the molecule is Cc1ccc(F)c(Nc2cccc(C#N)c2N)c1F. The predicted octanol–water partition coefficient (Wildman–Crippen LogP) is 3.47. The maximum Gasteiger partial charge on any atom is 0.152 e. The lowest BCUT2D eigenvalue weighted by molar-refractivity contribution is 0.585. The van der Waals surface area contributed by atoms with Crippen molar-refractivity contribution in [1.82, 2.24) is 0 Å². The van der Waals surface area contributed by atoms with E-state index in [2.05, 4.69) is 5.32 Å². The first-order valence-electron chi connectivity index (χ1n) is 5.54. The molecule has 0 aliphatic rings. The van der Waals surface area contributed by atoms with Crippen molar-refractivity contribution in [2.75, 3.05) is 11.1 Å². The van der Waals surface area contributed by atoms with Crippen LogP contribution in [0.5, 0.6) is 0 Å². The van der Waals surface area contributed by atoms with Crippen LogP contribution in [0, 0.1) is 29.9 Å². The molecule has 96 valence electrons. The van der Waals surface area contributed by atoms with Crippen LogP contribution >= 0.6 is 0 Å². The molecule has 0 bridgehead atoms. The Morgan fingerprint density at radius 1 is 1.21 bits per heavy atom. The lowest BCUT2D eigenvalue weighted by Crippen LogP contribution is -2.03. The summed E-state index contributed by atoms with van der Waals surface area (Å²) in [6.45, 7) is 1.54. The number of hydrogen-bond acceptors (Lipinski definition) is 3. The largest absolute Gasteiger partial charge is 0.396 e. The van der Waals surface area contributed by atoms with E-state index in [9.17, 15) is 8.78 Å². The van der Waals surface area contributed by atoms with Crippen LogP contribution in [0.2, 0.25) is 0 Å². The minimum Gasteiger partial charge on any atom is -0.396 e. The quantitative estimate of drug-likeness (QED) is 0.812. The second-order valence-electron chi connectivity index (χ2n) is 4.06. The molecular formula is C14H11F2N3. The van der Waals surface area contributed by atoms with Gasteiger partial charge in [-0.1, -0.05) is 12.1 Å². The molecule has 2 rings (SSSR count). The highest BCUT2D eigenvalue weighted by Crippen LogP contribution is 2.29. The van der Waals surface area contributed by atoms with Crippen LogP contribution in [-0.2, 0) is 0 Å². The van der Waals surface area contributed by atoms with Gasteiger partial charge >= 0.3 is 0 Å². The molecule has 0 radical (unpaired) electrons. The van der Waals surface area contributed by atoms with Crippen LogP contribution in [0.4, 0.5) is 25.8 Å². The van der Waals surface area contributed by atoms with Gasteiger partial charge in [-0.15, -0.1) is 0 Å². The van der Waals surface area contributed by atoms with Gasteiger partial charge in [0.05, 0.1) is 16.9 Å². The topological polar surface area (TPSA) is 61.8 Å². The maximum absolute atomic E-state index is 13.9. The molecule has 3 N–H and O–H groups in total. The molecule has 5 heteroatoms. The summed E-state index contributed by atoms with van der Waals surface area (Å²) in [4.78, 5) is 0. The molecule has 0 aliphatic heterocycles. The van der Waals surface area contributed by atoms with Gasteiger partial charge in [0.2, 0.25) is 0 Å². The first kappa shape index (κ1) is 12.8. The zero-order valence-corrected chi connectivity index (χ0v) is 10.2. The Labute approximate surface area is 109 Å². The normalized spacial score (nSPS) is 10.0. The molecule has 0 saturated carbocycles. The van der Waals surface area contributed by atoms with Gasteiger partial charge in [-0.05, 0) is 30.7 Å². The van der Waals surface area contributed by atoms with Crippen LogP contribution < -0.4 is 11.1 Å². The number of aryl methyl sites for hydroxylation is 1. The van der Waals surface area contributed by atoms with Crippen LogP contribution in [0.3, 0.4) is 0 Å². The van der Waals surface area contributed by atoms with E-state index in [1.54, 1.807) is 12.1 Å². The Morgan fingerprint density at radius 3 is 2.63 bits per heavy atom. The number of nitrogens with one attached hydrogen (secondary N) is 1. The highest BCUT2D eigenvalue weighted by molar-refractivity contribution is 5.77. The summed E-state index contributed by atoms with van der Waals surface area (Å²) >= 11 is 0. The summed E-state index contributed by atoms with van der Waals surface area (Å²) < 4.78 is 27.5. The van der Waals surface area contributed by atoms with Crippen molar-refractivity contribution >= 4 is 17.1 Å². The van der Waals surface area contributed by atoms with E-state index in [0.29, 0.717) is 11.3 Å². The fourth-order valence-electron chi connectivity index (χ4n) is 1.68. The van der Waals surface area contributed by atoms with E-state index in [4.69, 9.17) is 11.0 Å². The number of anilines is 3. The van der Waals surface area contributed by atoms with E-state index < -0.39 is 11.6 Å². The van der Waals surface area contributed by atoms with Crippen molar-refractivity contribution < 1.29 is 8.78 Å². The number of nitriles is 1. The minimum atomic E-state index is -0.718. The minimum absolute atomic E-state index is 0.158. The summed E-state index contributed by atoms with van der Waals surface area (Å²) in [5, 5.41) is 11.5. The monoisotopic (exact) mass is 259 g/mol. The van der Waals surface area contributed by atoms with Crippen LogP contribution in [0.15, 0.2) is 30.3 Å². The first-order valence-corrected chi connectivity index (χ1v) is 5.54. The lowest BCUT2D eigenvalue weighted by Gasteiger charge is -2.12. The van der Waals surface area contributed by atoms with Gasteiger partial charge in [0.1, 0.15) is 17.6 Å². The van der Waals surface area contributed by atoms with Gasteiger partial charge < -0.3 is 11.1 Å². The Hall–Kier alpha value is -2.61. The summed E-state index contributed by atoms with van der Waals surface area (Å²) in [7, 11) is 0. The standard InChI is InChI=1S/C14H11F2N3/c1-8-5-6-10(15)14(12(8)16)19-11-4-2-3-9(7-17)13(11)18/h2-6,19H,18H2,1H3. The van der Waals surface area contributed by atoms with Crippen molar-refractivity contribution in [1.29, 1.82) is 5.26 Å². The molecular weight excluding hydrogens is 248 g/mol. The molecule has 0 spiro atoms. The second kappa shape index (κ2) is 4.94. The van der Waals surface area contributed by atoms with Gasteiger partial charge in [-0.2, -0.15) is 5.26 Å². The molecule has 0 unspecified atom stereocenters. The molecule has 0 fully saturated rings. The number of halogens is 2. The zero-order chi connectivity index (χ0) is 14.0. The van der Waals surface area contributed by atoms with Crippen molar-refractivity contribution in [2.45, 2.75) is 6.92 Å². The molecule has 0 aromatic heterocycles. The molecule has 2 aromatic rings. The van der Waals surface area contributed by atoms with Gasteiger partial charge in [0.15, 0.2) is 5.82 Å². The van der Waals surface area contributed by atoms with Gasteiger partial charge in [0, 0.05) is 0 Å². The van der Waals surface area contributed by atoms with E-state index >= 15 is 0 Å². The van der Waals surface area contributed by atoms with Crippen molar-refractivity contribution in [2.24, 2.45) is 0 Å². The smallest absolute Gasteiger partial charge is 0.152 e. The summed E-state index contributed by atoms with van der Waals surface area (Å²) in [6, 6.07) is 9.10. The maximum atomic E-state index is 13.9. The molecule has 2 aromatic carbocycles. The van der Waals surface area contributed by atoms with Crippen molar-refractivity contribution in [3.05, 3.63) is 53.1 Å². The van der Waals surface area contributed by atoms with Crippen LogP contribution in [-0.4, -0.2) is 0 Å². The van der Waals surface area contributed by atoms with E-state index in [1.807, 2.05) is 6.07 Å². The molecule has 0 saturated heterocycles. The van der Waals surface area contributed by atoms with Crippen molar-refractivity contribution in [3.8, 4) is 6.07 Å². The Bertz CT molecular complexity index is 675. The second-order valence-corrected chi connectivity index (χ2v) is 4.06. The Balaban J connectivity index is 2.49. The highest BCUT2D eigenvalue weighted by atomic mass is 19.1. The fraction of sp³-hybridized carbons (Fsp3) is 0.0714. The Kier molecular flexibility index (Phi) is 3.34. The molecule has 0 amide bonds. The van der Waals surface area contributed by atoms with Gasteiger partial charge in [-0.3, -0.25) is 0 Å². The molecule has 0 aliphatic carbocycles. The predicted molar refractivity (Wildman–Crippen MR) is 69.9 cm³/mol. The fourth-order valence-corrected chi connectivity index (χ4v) is 1.68. The van der Waals surface area contributed by atoms with Crippen molar-refractivity contribution in [3.63, 3.8) is 0 Å². The third-order valence-corrected chi connectivity index (χ3v) is 2.77. The summed E-state index contributed by atoms with van der Waals surface area (Å²) in [5.74, 6) is -1.40. The number of nitrogens with zero attached hydrogens (tertiary/aromatic N) is 1. The van der Waals surface area contributed by atoms with E-state index in [1.165, 1.54) is 25.1 Å². The number of rotatable bonds is 2. The highest BCUT2D eigenvalue weighted by Gasteiger charge is 2.13. The first-order chi connectivity index (χ1) is 9.04. The number of nitrogens with two attached hydrogens (primary N) is 1. The average Bonchev–Trinajstić information content (AvgIpc) is 2.41. The van der Waals surface area contributed by atoms with Crippen LogP contribution in [0.1, 0.15) is 11.1 Å². The molecule has 19 heavy (non-hydrogen) atoms. The number of benzene rings is 2. The van der Waals surface area contributed by atoms with Gasteiger partial charge in [-0.25, -0.2) is 8.78 Å². The Morgan fingerprint density at radius 2 is 1.95 bits per heavy atom. The van der Waals surface area contributed by atoms with E-state index in [-0.39, 0.29) is 16.9 Å². The molecule has 3 nitrogen and oxygen atoms in total. The zero-order valence-electron chi connectivity index (χ0n) is 10.2. The summed E-state index contributed by atoms with van der Waals surface area (Å²) in [6.07, 6.45) is 0. The third kappa shape index (κ3) is 2.33. The number of nitrogen functional groups attached to an aromatic ring is 1. The van der Waals surface area contributed by atoms with E-state index in [0.717, 1.165) is 0 Å². The average molecular weight is 259 g/mol. The third-order valence-electron chi connectivity index (χ3n) is 2.77. The molecule has 0 atom stereocenters.